The monoisotopic (exact) mass is 278 g/mol. The average Bonchev–Trinajstić information content (AvgIpc) is 2.71. The van der Waals surface area contributed by atoms with Gasteiger partial charge in [0.25, 0.3) is 0 Å². The van der Waals surface area contributed by atoms with Gasteiger partial charge in [-0.1, -0.05) is 0 Å². The maximum absolute atomic E-state index is 11.9. The van der Waals surface area contributed by atoms with Gasteiger partial charge >= 0.3 is 5.51 Å². The summed E-state index contributed by atoms with van der Waals surface area (Å²) in [7, 11) is 0. The van der Waals surface area contributed by atoms with Crippen LogP contribution in [0.2, 0.25) is 0 Å². The number of aromatic nitrogens is 1. The van der Waals surface area contributed by atoms with Crippen LogP contribution in [0.15, 0.2) is 23.7 Å². The van der Waals surface area contributed by atoms with Crippen LogP contribution >= 0.6 is 23.1 Å². The molecule has 1 N–H and O–H groups in total. The Balaban J connectivity index is 1.93. The summed E-state index contributed by atoms with van der Waals surface area (Å²) >= 11 is 1.55. The lowest BCUT2D eigenvalue weighted by Gasteiger charge is -2.08. The van der Waals surface area contributed by atoms with Crippen LogP contribution in [-0.2, 0) is 0 Å². The van der Waals surface area contributed by atoms with Gasteiger partial charge in [0.2, 0.25) is 0 Å². The van der Waals surface area contributed by atoms with Gasteiger partial charge < -0.3 is 5.32 Å². The van der Waals surface area contributed by atoms with Crippen LogP contribution in [0.5, 0.6) is 0 Å². The zero-order valence-electron chi connectivity index (χ0n) is 8.62. The van der Waals surface area contributed by atoms with Gasteiger partial charge in [-0.05, 0) is 29.3 Å². The first kappa shape index (κ1) is 12.5. The van der Waals surface area contributed by atoms with Gasteiger partial charge in [-0.25, -0.2) is 4.98 Å². The normalized spacial score (nSPS) is 11.9. The summed E-state index contributed by atoms with van der Waals surface area (Å²) in [5, 5.41) is 5.81. The summed E-state index contributed by atoms with van der Waals surface area (Å²) in [4.78, 5) is 4.12. The number of thioether (sulfide) groups is 1. The first-order valence-electron chi connectivity index (χ1n) is 4.83. The van der Waals surface area contributed by atoms with Crippen molar-refractivity contribution < 1.29 is 13.2 Å². The molecule has 0 aromatic carbocycles. The predicted molar refractivity (Wildman–Crippen MR) is 66.6 cm³/mol. The third-order valence-electron chi connectivity index (χ3n) is 2.04. The second-order valence-electron chi connectivity index (χ2n) is 3.21. The zero-order chi connectivity index (χ0) is 12.3. The van der Waals surface area contributed by atoms with Crippen LogP contribution in [0.4, 0.5) is 19.0 Å². The molecular formula is C10H9F3N2S2. The maximum atomic E-state index is 11.9. The number of hydrogen-bond donors (Lipinski definition) is 1. The van der Waals surface area contributed by atoms with E-state index in [9.17, 15) is 13.2 Å². The molecule has 0 radical (unpaired) electrons. The average molecular weight is 278 g/mol. The minimum absolute atomic E-state index is 0.0221. The maximum Gasteiger partial charge on any atom is 0.441 e. The first-order valence-corrected chi connectivity index (χ1v) is 6.69. The van der Waals surface area contributed by atoms with Gasteiger partial charge in [0.1, 0.15) is 5.82 Å². The Hall–Kier alpha value is -0.950. The number of thiophene rings is 1. The smallest absolute Gasteiger partial charge is 0.369 e. The second kappa shape index (κ2) is 5.14. The molecule has 0 spiro atoms. The number of rotatable bonds is 4. The minimum atomic E-state index is -4.16. The molecule has 2 aromatic rings. The number of pyridine rings is 1. The Morgan fingerprint density at radius 1 is 1.35 bits per heavy atom. The fourth-order valence-corrected chi connectivity index (χ4v) is 2.59. The molecule has 0 bridgehead atoms. The lowest BCUT2D eigenvalue weighted by atomic mass is 10.3. The van der Waals surface area contributed by atoms with Crippen molar-refractivity contribution in [2.24, 2.45) is 0 Å². The van der Waals surface area contributed by atoms with E-state index in [-0.39, 0.29) is 24.1 Å². The van der Waals surface area contributed by atoms with Crippen molar-refractivity contribution in [2.45, 2.75) is 5.51 Å². The number of halogens is 3. The van der Waals surface area contributed by atoms with E-state index >= 15 is 0 Å². The van der Waals surface area contributed by atoms with Crippen molar-refractivity contribution in [1.82, 2.24) is 4.98 Å². The lowest BCUT2D eigenvalue weighted by molar-refractivity contribution is -0.0327. The van der Waals surface area contributed by atoms with E-state index in [1.165, 1.54) is 0 Å². The molecule has 0 amide bonds. The van der Waals surface area contributed by atoms with Gasteiger partial charge in [-0.2, -0.15) is 13.2 Å². The number of anilines is 1. The Labute approximate surface area is 104 Å². The topological polar surface area (TPSA) is 24.9 Å². The van der Waals surface area contributed by atoms with Crippen LogP contribution in [-0.4, -0.2) is 22.8 Å². The fourth-order valence-electron chi connectivity index (χ4n) is 1.37. The van der Waals surface area contributed by atoms with Gasteiger partial charge in [-0.3, -0.25) is 0 Å². The molecule has 0 saturated heterocycles. The summed E-state index contributed by atoms with van der Waals surface area (Å²) < 4.78 is 36.8. The molecule has 0 aliphatic carbocycles. The second-order valence-corrected chi connectivity index (χ2v) is 5.32. The molecule has 17 heavy (non-hydrogen) atoms. The number of fused-ring (bicyclic) bond motifs is 1. The van der Waals surface area contributed by atoms with E-state index in [2.05, 4.69) is 10.3 Å². The molecule has 7 heteroatoms. The fraction of sp³-hybridized carbons (Fsp3) is 0.300. The zero-order valence-corrected chi connectivity index (χ0v) is 10.3. The molecule has 0 aliphatic heterocycles. The van der Waals surface area contributed by atoms with Crippen LogP contribution in [0, 0.1) is 0 Å². The standard InChI is InChI=1S/C10H9F3N2S2/c11-10(12,13)17-6-4-15-9-7-2-5-16-8(7)1-3-14-9/h1-3,5H,4,6H2,(H,14,15). The summed E-state index contributed by atoms with van der Waals surface area (Å²) in [5.74, 6) is 0.623. The van der Waals surface area contributed by atoms with Crippen LogP contribution < -0.4 is 5.32 Å². The molecule has 2 nitrogen and oxygen atoms in total. The van der Waals surface area contributed by atoms with Gasteiger partial charge in [-0.15, -0.1) is 11.3 Å². The molecule has 0 unspecified atom stereocenters. The summed E-state index contributed by atoms with van der Waals surface area (Å²) in [6, 6.07) is 3.79. The quantitative estimate of drug-likeness (QED) is 0.857. The summed E-state index contributed by atoms with van der Waals surface area (Å²) in [6.07, 6.45) is 1.65. The van der Waals surface area contributed by atoms with Crippen molar-refractivity contribution in [2.75, 3.05) is 17.6 Å². The highest BCUT2D eigenvalue weighted by atomic mass is 32.2. The van der Waals surface area contributed by atoms with Gasteiger partial charge in [0.15, 0.2) is 0 Å². The Morgan fingerprint density at radius 3 is 2.94 bits per heavy atom. The minimum Gasteiger partial charge on any atom is -0.369 e. The van der Waals surface area contributed by atoms with Crippen LogP contribution in [0.1, 0.15) is 0 Å². The molecule has 92 valence electrons. The van der Waals surface area contributed by atoms with Crippen molar-refractivity contribution >= 4 is 39.0 Å². The third kappa shape index (κ3) is 3.50. The Kier molecular flexibility index (Phi) is 3.78. The molecule has 0 atom stereocenters. The van der Waals surface area contributed by atoms with Crippen molar-refractivity contribution in [1.29, 1.82) is 0 Å². The number of alkyl halides is 3. The molecule has 0 aliphatic rings. The van der Waals surface area contributed by atoms with Crippen LogP contribution in [0.25, 0.3) is 10.1 Å². The molecule has 2 rings (SSSR count). The number of hydrogen-bond acceptors (Lipinski definition) is 4. The van der Waals surface area contributed by atoms with Gasteiger partial charge in [0, 0.05) is 28.6 Å². The van der Waals surface area contributed by atoms with E-state index in [1.54, 1.807) is 17.5 Å². The SMILES string of the molecule is FC(F)(F)SCCNc1nccc2sccc12. The highest BCUT2D eigenvalue weighted by molar-refractivity contribution is 8.00. The molecule has 2 aromatic heterocycles. The van der Waals surface area contributed by atoms with Crippen molar-refractivity contribution in [3.63, 3.8) is 0 Å². The van der Waals surface area contributed by atoms with E-state index in [4.69, 9.17) is 0 Å². The third-order valence-corrected chi connectivity index (χ3v) is 3.66. The van der Waals surface area contributed by atoms with Crippen molar-refractivity contribution in [3.05, 3.63) is 23.7 Å². The summed E-state index contributed by atoms with van der Waals surface area (Å²) in [6.45, 7) is 0.242. The van der Waals surface area contributed by atoms with E-state index < -0.39 is 5.51 Å². The van der Waals surface area contributed by atoms with Gasteiger partial charge in [0.05, 0.1) is 0 Å². The molecule has 0 fully saturated rings. The molecular weight excluding hydrogens is 269 g/mol. The highest BCUT2D eigenvalue weighted by Gasteiger charge is 2.27. The van der Waals surface area contributed by atoms with E-state index in [0.29, 0.717) is 5.82 Å². The number of nitrogens with zero attached hydrogens (tertiary/aromatic N) is 1. The van der Waals surface area contributed by atoms with Crippen LogP contribution in [0.3, 0.4) is 0 Å². The molecule has 2 heterocycles. The Bertz CT molecular complexity index is 496. The predicted octanol–water partition coefficient (Wildman–Crippen LogP) is 3.96. The van der Waals surface area contributed by atoms with Crippen molar-refractivity contribution in [3.8, 4) is 0 Å². The largest absolute Gasteiger partial charge is 0.441 e. The highest BCUT2D eigenvalue weighted by Crippen LogP contribution is 2.30. The lowest BCUT2D eigenvalue weighted by Crippen LogP contribution is -2.10. The number of nitrogens with one attached hydrogen (secondary N) is 1. The summed E-state index contributed by atoms with van der Waals surface area (Å²) in [5.41, 5.74) is -4.16. The first-order chi connectivity index (χ1) is 8.06. The van der Waals surface area contributed by atoms with E-state index in [0.717, 1.165) is 10.1 Å². The molecule has 0 saturated carbocycles. The van der Waals surface area contributed by atoms with E-state index in [1.807, 2.05) is 17.5 Å². The Morgan fingerprint density at radius 2 is 2.18 bits per heavy atom.